The maximum absolute atomic E-state index is 10.6. The molecular weight excluding hydrogens is 263 g/mol. The van der Waals surface area contributed by atoms with Crippen molar-refractivity contribution in [1.29, 1.82) is 0 Å². The van der Waals surface area contributed by atoms with E-state index in [9.17, 15) is 18.3 Å². The van der Waals surface area contributed by atoms with Crippen LogP contribution in [0.25, 0.3) is 0 Å². The molecular formula is C12H14F3NO3. The molecule has 0 bridgehead atoms. The molecule has 7 heteroatoms. The Kier molecular flexibility index (Phi) is 5.17. The van der Waals surface area contributed by atoms with Crippen molar-refractivity contribution < 1.29 is 28.2 Å². The Labute approximate surface area is 108 Å². The van der Waals surface area contributed by atoms with Crippen molar-refractivity contribution in [2.45, 2.75) is 18.7 Å². The molecule has 0 aromatic heterocycles. The molecule has 19 heavy (non-hydrogen) atoms. The summed E-state index contributed by atoms with van der Waals surface area (Å²) in [6.45, 7) is 1.76. The number of carbonyl (C=O) groups is 1. The van der Waals surface area contributed by atoms with E-state index in [1.807, 2.05) is 18.2 Å². The molecule has 1 aliphatic rings. The molecule has 1 aliphatic heterocycles. The van der Waals surface area contributed by atoms with Crippen LogP contribution in [0.1, 0.15) is 6.42 Å². The molecule has 0 saturated carbocycles. The number of nitrogens with zero attached hydrogens (tertiary/aromatic N) is 1. The number of benzene rings is 1. The maximum Gasteiger partial charge on any atom is 0.490 e. The molecule has 1 heterocycles. The molecule has 1 aromatic rings. The van der Waals surface area contributed by atoms with Crippen LogP contribution in [-0.2, 0) is 4.79 Å². The van der Waals surface area contributed by atoms with Gasteiger partial charge in [0, 0.05) is 18.8 Å². The van der Waals surface area contributed by atoms with Crippen LogP contribution in [0.4, 0.5) is 18.9 Å². The van der Waals surface area contributed by atoms with Gasteiger partial charge in [-0.25, -0.2) is 4.79 Å². The second-order valence-electron chi connectivity index (χ2n) is 4.03. The van der Waals surface area contributed by atoms with Gasteiger partial charge in [-0.15, -0.1) is 0 Å². The summed E-state index contributed by atoms with van der Waals surface area (Å²) >= 11 is 0. The van der Waals surface area contributed by atoms with Crippen molar-refractivity contribution in [2.75, 3.05) is 18.0 Å². The lowest BCUT2D eigenvalue weighted by Gasteiger charge is -2.16. The molecule has 1 unspecified atom stereocenters. The normalized spacial score (nSPS) is 18.7. The first-order valence-electron chi connectivity index (χ1n) is 5.59. The number of aliphatic hydroxyl groups excluding tert-OH is 1. The molecule has 0 radical (unpaired) electrons. The highest BCUT2D eigenvalue weighted by atomic mass is 19.4. The Morgan fingerprint density at radius 3 is 2.16 bits per heavy atom. The van der Waals surface area contributed by atoms with E-state index in [-0.39, 0.29) is 6.10 Å². The number of aliphatic hydroxyl groups is 1. The number of alkyl halides is 3. The first-order chi connectivity index (χ1) is 8.80. The molecule has 2 rings (SSSR count). The van der Waals surface area contributed by atoms with Crippen molar-refractivity contribution in [3.63, 3.8) is 0 Å². The largest absolute Gasteiger partial charge is 0.490 e. The molecule has 1 saturated heterocycles. The second-order valence-corrected chi connectivity index (χ2v) is 4.03. The van der Waals surface area contributed by atoms with Crippen LogP contribution in [-0.4, -0.2) is 41.6 Å². The molecule has 1 fully saturated rings. The lowest BCUT2D eigenvalue weighted by atomic mass is 10.3. The standard InChI is InChI=1S/C10H13NO.C2HF3O2/c12-10-6-7-11(8-10)9-4-2-1-3-5-9;3-2(4,5)1(6)7/h1-5,10,12H,6-8H2;(H,6,7). The first kappa shape index (κ1) is 15.3. The van der Waals surface area contributed by atoms with Crippen LogP contribution >= 0.6 is 0 Å². The number of aliphatic carboxylic acids is 1. The van der Waals surface area contributed by atoms with Crippen molar-refractivity contribution in [1.82, 2.24) is 0 Å². The van der Waals surface area contributed by atoms with E-state index in [2.05, 4.69) is 17.0 Å². The Bertz CT molecular complexity index is 408. The SMILES string of the molecule is O=C(O)C(F)(F)F.OC1CCN(c2ccccc2)C1. The predicted molar refractivity (Wildman–Crippen MR) is 63.0 cm³/mol. The van der Waals surface area contributed by atoms with Gasteiger partial charge >= 0.3 is 12.1 Å². The quantitative estimate of drug-likeness (QED) is 0.823. The van der Waals surface area contributed by atoms with E-state index >= 15 is 0 Å². The van der Waals surface area contributed by atoms with E-state index in [1.54, 1.807) is 0 Å². The number of rotatable bonds is 1. The third-order valence-corrected chi connectivity index (χ3v) is 2.53. The van der Waals surface area contributed by atoms with Gasteiger partial charge in [-0.3, -0.25) is 0 Å². The summed E-state index contributed by atoms with van der Waals surface area (Å²) < 4.78 is 31.7. The minimum atomic E-state index is -5.08. The Morgan fingerprint density at radius 2 is 1.79 bits per heavy atom. The fourth-order valence-corrected chi connectivity index (χ4v) is 1.62. The minimum Gasteiger partial charge on any atom is -0.475 e. The van der Waals surface area contributed by atoms with E-state index in [1.165, 1.54) is 5.69 Å². The van der Waals surface area contributed by atoms with Gasteiger partial charge < -0.3 is 15.1 Å². The van der Waals surface area contributed by atoms with Gasteiger partial charge in [0.15, 0.2) is 0 Å². The van der Waals surface area contributed by atoms with Gasteiger partial charge in [0.2, 0.25) is 0 Å². The molecule has 1 atom stereocenters. The maximum atomic E-state index is 10.6. The summed E-state index contributed by atoms with van der Waals surface area (Å²) in [5, 5.41) is 16.4. The molecule has 4 nitrogen and oxygen atoms in total. The van der Waals surface area contributed by atoms with Gasteiger partial charge in [0.1, 0.15) is 0 Å². The summed E-state index contributed by atoms with van der Waals surface area (Å²) in [7, 11) is 0. The monoisotopic (exact) mass is 277 g/mol. The zero-order chi connectivity index (χ0) is 14.5. The fraction of sp³-hybridized carbons (Fsp3) is 0.417. The number of halogens is 3. The van der Waals surface area contributed by atoms with Crippen molar-refractivity contribution in [3.8, 4) is 0 Å². The minimum absolute atomic E-state index is 0.134. The lowest BCUT2D eigenvalue weighted by molar-refractivity contribution is -0.192. The average molecular weight is 277 g/mol. The van der Waals surface area contributed by atoms with E-state index in [0.29, 0.717) is 0 Å². The number of para-hydroxylation sites is 1. The lowest BCUT2D eigenvalue weighted by Crippen LogP contribution is -2.21. The van der Waals surface area contributed by atoms with Gasteiger partial charge in [0.05, 0.1) is 6.10 Å². The fourth-order valence-electron chi connectivity index (χ4n) is 1.62. The van der Waals surface area contributed by atoms with Crippen LogP contribution in [0, 0.1) is 0 Å². The van der Waals surface area contributed by atoms with Gasteiger partial charge in [0.25, 0.3) is 0 Å². The molecule has 106 valence electrons. The van der Waals surface area contributed by atoms with E-state index in [0.717, 1.165) is 19.5 Å². The molecule has 0 spiro atoms. The molecule has 0 aliphatic carbocycles. The van der Waals surface area contributed by atoms with Gasteiger partial charge in [-0.05, 0) is 18.6 Å². The first-order valence-corrected chi connectivity index (χ1v) is 5.59. The highest BCUT2D eigenvalue weighted by molar-refractivity contribution is 5.73. The number of hydrogen-bond acceptors (Lipinski definition) is 3. The Morgan fingerprint density at radius 1 is 1.26 bits per heavy atom. The number of anilines is 1. The van der Waals surface area contributed by atoms with Gasteiger partial charge in [-0.1, -0.05) is 18.2 Å². The van der Waals surface area contributed by atoms with Crippen LogP contribution in [0.3, 0.4) is 0 Å². The van der Waals surface area contributed by atoms with Crippen LogP contribution in [0.15, 0.2) is 30.3 Å². The van der Waals surface area contributed by atoms with Crippen molar-refractivity contribution in [2.24, 2.45) is 0 Å². The zero-order valence-corrected chi connectivity index (χ0v) is 9.97. The summed E-state index contributed by atoms with van der Waals surface area (Å²) in [5.41, 5.74) is 1.22. The summed E-state index contributed by atoms with van der Waals surface area (Å²) in [6, 6.07) is 10.2. The summed E-state index contributed by atoms with van der Waals surface area (Å²) in [6.07, 6.45) is -4.32. The summed E-state index contributed by atoms with van der Waals surface area (Å²) in [4.78, 5) is 11.1. The van der Waals surface area contributed by atoms with Crippen molar-refractivity contribution in [3.05, 3.63) is 30.3 Å². The highest BCUT2D eigenvalue weighted by Gasteiger charge is 2.38. The molecule has 0 amide bonds. The average Bonchev–Trinajstić information content (AvgIpc) is 2.77. The Hall–Kier alpha value is -1.76. The number of carboxylic acids is 1. The van der Waals surface area contributed by atoms with E-state index in [4.69, 9.17) is 9.90 Å². The van der Waals surface area contributed by atoms with Crippen molar-refractivity contribution >= 4 is 11.7 Å². The smallest absolute Gasteiger partial charge is 0.475 e. The topological polar surface area (TPSA) is 60.8 Å². The third kappa shape index (κ3) is 5.17. The summed E-state index contributed by atoms with van der Waals surface area (Å²) in [5.74, 6) is -2.76. The molecule has 1 aromatic carbocycles. The molecule has 2 N–H and O–H groups in total. The van der Waals surface area contributed by atoms with Crippen LogP contribution < -0.4 is 4.90 Å². The van der Waals surface area contributed by atoms with Gasteiger partial charge in [-0.2, -0.15) is 13.2 Å². The number of hydrogen-bond donors (Lipinski definition) is 2. The number of carboxylic acid groups (broad SMARTS) is 1. The van der Waals surface area contributed by atoms with Crippen LogP contribution in [0.5, 0.6) is 0 Å². The highest BCUT2D eigenvalue weighted by Crippen LogP contribution is 2.19. The second kappa shape index (κ2) is 6.42. The Balaban J connectivity index is 0.000000224. The van der Waals surface area contributed by atoms with Crippen LogP contribution in [0.2, 0.25) is 0 Å². The third-order valence-electron chi connectivity index (χ3n) is 2.53. The number of β-amino-alcohol motifs (C(OH)–C–C–N with tert-alkyl or cyclic N) is 1. The van der Waals surface area contributed by atoms with E-state index < -0.39 is 12.1 Å². The predicted octanol–water partition coefficient (Wildman–Crippen LogP) is 1.89. The zero-order valence-electron chi connectivity index (χ0n) is 9.97.